The largest absolute Gasteiger partial charge is 0.433 e. The zero-order valence-corrected chi connectivity index (χ0v) is 17.5. The fraction of sp³-hybridized carbons (Fsp3) is 0.789. The predicted octanol–water partition coefficient (Wildman–Crippen LogP) is 2.55. The molecule has 0 radical (unpaired) electrons. The average molecular weight is 400 g/mol. The Kier molecular flexibility index (Phi) is 5.78. The molecule has 4 atom stereocenters. The summed E-state index contributed by atoms with van der Waals surface area (Å²) in [7, 11) is 4.09. The summed E-state index contributed by atoms with van der Waals surface area (Å²) in [5.41, 5.74) is -0.869. The number of rotatable bonds is 2. The third-order valence-electron chi connectivity index (χ3n) is 6.32. The molecule has 2 saturated heterocycles. The van der Waals surface area contributed by atoms with Gasteiger partial charge in [0.25, 0.3) is 0 Å². The van der Waals surface area contributed by atoms with E-state index in [0.717, 1.165) is 6.07 Å². The van der Waals surface area contributed by atoms with Crippen LogP contribution in [0.5, 0.6) is 0 Å². The zero-order valence-electron chi connectivity index (χ0n) is 17.5. The fourth-order valence-corrected chi connectivity index (χ4v) is 4.03. The lowest BCUT2D eigenvalue weighted by Crippen LogP contribution is -2.56. The summed E-state index contributed by atoms with van der Waals surface area (Å²) < 4.78 is 40.7. The van der Waals surface area contributed by atoms with E-state index in [4.69, 9.17) is 0 Å². The van der Waals surface area contributed by atoms with E-state index in [2.05, 4.69) is 47.5 Å². The van der Waals surface area contributed by atoms with Gasteiger partial charge in [0, 0.05) is 56.4 Å². The molecule has 158 valence electrons. The second kappa shape index (κ2) is 7.67. The van der Waals surface area contributed by atoms with E-state index in [-0.39, 0.29) is 30.1 Å². The van der Waals surface area contributed by atoms with E-state index in [1.165, 1.54) is 0 Å². The quantitative estimate of drug-likeness (QED) is 0.760. The van der Waals surface area contributed by atoms with Gasteiger partial charge in [0.05, 0.1) is 0 Å². The number of halogens is 3. The minimum atomic E-state index is -4.50. The predicted molar refractivity (Wildman–Crippen MR) is 105 cm³/mol. The van der Waals surface area contributed by atoms with Crippen molar-refractivity contribution in [1.29, 1.82) is 0 Å². The van der Waals surface area contributed by atoms with Crippen molar-refractivity contribution in [1.82, 2.24) is 19.8 Å². The van der Waals surface area contributed by atoms with Gasteiger partial charge in [-0.25, -0.2) is 4.98 Å². The molecular formula is C19H31F3N6. The Morgan fingerprint density at radius 1 is 0.786 bits per heavy atom. The molecule has 2 aliphatic heterocycles. The Hall–Kier alpha value is -1.61. The van der Waals surface area contributed by atoms with Crippen LogP contribution in [0, 0.1) is 0 Å². The van der Waals surface area contributed by atoms with Gasteiger partial charge in [0.2, 0.25) is 5.95 Å². The fourth-order valence-electron chi connectivity index (χ4n) is 4.03. The van der Waals surface area contributed by atoms with Crippen LogP contribution in [0.1, 0.15) is 33.4 Å². The third-order valence-corrected chi connectivity index (χ3v) is 6.32. The number of anilines is 2. The van der Waals surface area contributed by atoms with Gasteiger partial charge < -0.3 is 9.80 Å². The topological polar surface area (TPSA) is 38.7 Å². The summed E-state index contributed by atoms with van der Waals surface area (Å²) >= 11 is 0. The highest BCUT2D eigenvalue weighted by molar-refractivity contribution is 5.48. The summed E-state index contributed by atoms with van der Waals surface area (Å²) in [5.74, 6) is 0.541. The van der Waals surface area contributed by atoms with Crippen molar-refractivity contribution < 1.29 is 13.2 Å². The number of hydrogen-bond acceptors (Lipinski definition) is 6. The van der Waals surface area contributed by atoms with Crippen molar-refractivity contribution in [2.24, 2.45) is 0 Å². The summed E-state index contributed by atoms with van der Waals surface area (Å²) in [5, 5.41) is 0. The van der Waals surface area contributed by atoms with Crippen molar-refractivity contribution in [2.45, 2.75) is 58.0 Å². The summed E-state index contributed by atoms with van der Waals surface area (Å²) in [6, 6.07) is 2.00. The maximum Gasteiger partial charge on any atom is 0.433 e. The van der Waals surface area contributed by atoms with Gasteiger partial charge >= 0.3 is 6.18 Å². The van der Waals surface area contributed by atoms with Crippen molar-refractivity contribution in [3.63, 3.8) is 0 Å². The summed E-state index contributed by atoms with van der Waals surface area (Å²) in [4.78, 5) is 16.8. The first-order valence-electron chi connectivity index (χ1n) is 9.87. The first-order chi connectivity index (χ1) is 13.0. The van der Waals surface area contributed by atoms with Crippen LogP contribution >= 0.6 is 0 Å². The second-order valence-corrected chi connectivity index (χ2v) is 8.45. The molecule has 0 unspecified atom stereocenters. The Bertz CT molecular complexity index is 624. The zero-order chi connectivity index (χ0) is 20.8. The molecule has 0 aromatic carbocycles. The van der Waals surface area contributed by atoms with E-state index >= 15 is 0 Å². The number of aromatic nitrogens is 2. The third kappa shape index (κ3) is 4.20. The van der Waals surface area contributed by atoms with E-state index in [0.29, 0.717) is 32.0 Å². The van der Waals surface area contributed by atoms with Gasteiger partial charge in [-0.1, -0.05) is 0 Å². The molecule has 2 aliphatic rings. The minimum Gasteiger partial charge on any atom is -0.353 e. The number of nitrogens with zero attached hydrogens (tertiary/aromatic N) is 6. The number of likely N-dealkylation sites (N-methyl/N-ethyl adjacent to an activating group) is 2. The lowest BCUT2D eigenvalue weighted by atomic mass is 10.1. The van der Waals surface area contributed by atoms with E-state index in [9.17, 15) is 13.2 Å². The molecule has 28 heavy (non-hydrogen) atoms. The molecular weight excluding hydrogens is 369 g/mol. The average Bonchev–Trinajstić information content (AvgIpc) is 2.62. The first kappa shape index (κ1) is 21.1. The molecule has 3 heterocycles. The highest BCUT2D eigenvalue weighted by Crippen LogP contribution is 2.33. The minimum absolute atomic E-state index is 0.177. The Balaban J connectivity index is 1.96. The van der Waals surface area contributed by atoms with Gasteiger partial charge in [-0.05, 0) is 41.8 Å². The maximum atomic E-state index is 13.6. The first-order valence-corrected chi connectivity index (χ1v) is 9.87. The Morgan fingerprint density at radius 2 is 1.21 bits per heavy atom. The SMILES string of the molecule is C[C@@H]1CN(c2cc(C(F)(F)F)nc(N3C[C@@H](C)N(C)[C@@H](C)C3)n2)C[C@H](C)N1C. The molecule has 0 aliphatic carbocycles. The molecule has 1 aromatic heterocycles. The standard InChI is InChI=1S/C19H31F3N6/c1-12-8-27(9-13(2)25(12)5)17-7-16(19(20,21)22)23-18(24-17)28-10-14(3)26(6)15(4)11-28/h7,12-15H,8-11H2,1-6H3/t12-,13+,14-,15+. The number of hydrogen-bond donors (Lipinski definition) is 0. The van der Waals surface area contributed by atoms with Gasteiger partial charge in [0.15, 0.2) is 5.69 Å². The van der Waals surface area contributed by atoms with Crippen molar-refractivity contribution >= 4 is 11.8 Å². The molecule has 0 amide bonds. The Labute approximate surface area is 165 Å². The number of piperazine rings is 2. The van der Waals surface area contributed by atoms with Crippen molar-refractivity contribution in [2.75, 3.05) is 50.1 Å². The highest BCUT2D eigenvalue weighted by Gasteiger charge is 2.37. The van der Waals surface area contributed by atoms with Crippen LogP contribution < -0.4 is 9.80 Å². The van der Waals surface area contributed by atoms with E-state index in [1.807, 2.05) is 23.9 Å². The van der Waals surface area contributed by atoms with Gasteiger partial charge in [-0.3, -0.25) is 9.80 Å². The maximum absolute atomic E-state index is 13.6. The van der Waals surface area contributed by atoms with E-state index < -0.39 is 11.9 Å². The van der Waals surface area contributed by atoms with Crippen LogP contribution in [0.15, 0.2) is 6.07 Å². The molecule has 0 saturated carbocycles. The van der Waals surface area contributed by atoms with Crippen molar-refractivity contribution in [3.05, 3.63) is 11.8 Å². The van der Waals surface area contributed by atoms with Crippen molar-refractivity contribution in [3.8, 4) is 0 Å². The molecule has 9 heteroatoms. The lowest BCUT2D eigenvalue weighted by Gasteiger charge is -2.44. The van der Waals surface area contributed by atoms with Crippen LogP contribution in [-0.2, 0) is 6.18 Å². The molecule has 6 nitrogen and oxygen atoms in total. The lowest BCUT2D eigenvalue weighted by molar-refractivity contribution is -0.141. The summed E-state index contributed by atoms with van der Waals surface area (Å²) in [6.07, 6.45) is -4.50. The van der Waals surface area contributed by atoms with Crippen LogP contribution in [0.2, 0.25) is 0 Å². The Morgan fingerprint density at radius 3 is 1.64 bits per heavy atom. The molecule has 2 fully saturated rings. The molecule has 3 rings (SSSR count). The van der Waals surface area contributed by atoms with Gasteiger partial charge in [-0.2, -0.15) is 18.2 Å². The van der Waals surface area contributed by atoms with Gasteiger partial charge in [-0.15, -0.1) is 0 Å². The molecule has 0 N–H and O–H groups in total. The number of alkyl halides is 3. The van der Waals surface area contributed by atoms with Gasteiger partial charge in [0.1, 0.15) is 5.82 Å². The summed E-state index contributed by atoms with van der Waals surface area (Å²) in [6.45, 7) is 10.8. The highest BCUT2D eigenvalue weighted by atomic mass is 19.4. The van der Waals surface area contributed by atoms with Crippen LogP contribution in [-0.4, -0.2) is 84.2 Å². The van der Waals surface area contributed by atoms with E-state index in [1.54, 1.807) is 0 Å². The monoisotopic (exact) mass is 400 g/mol. The second-order valence-electron chi connectivity index (χ2n) is 8.45. The smallest absolute Gasteiger partial charge is 0.353 e. The van der Waals surface area contributed by atoms with Crippen LogP contribution in [0.4, 0.5) is 24.9 Å². The van der Waals surface area contributed by atoms with Crippen LogP contribution in [0.25, 0.3) is 0 Å². The molecule has 0 spiro atoms. The molecule has 0 bridgehead atoms. The normalized spacial score (nSPS) is 30.8. The van der Waals surface area contributed by atoms with Crippen LogP contribution in [0.3, 0.4) is 0 Å². The molecule has 1 aromatic rings.